The molecule has 2 aromatic heterocycles. The molecule has 2 aromatic rings. The molecule has 0 aliphatic rings. The van der Waals surface area contributed by atoms with Crippen LogP contribution in [0.25, 0.3) is 11.2 Å². The van der Waals surface area contributed by atoms with Crippen molar-refractivity contribution in [2.24, 2.45) is 0 Å². The van der Waals surface area contributed by atoms with Crippen LogP contribution in [0.2, 0.25) is 0 Å². The molecule has 0 aliphatic carbocycles. The summed E-state index contributed by atoms with van der Waals surface area (Å²) < 4.78 is 6.27. The lowest BCUT2D eigenvalue weighted by atomic mass is 10.1. The molecule has 0 radical (unpaired) electrons. The minimum Gasteiger partial charge on any atom is -0.466 e. The largest absolute Gasteiger partial charge is 0.466 e. The van der Waals surface area contributed by atoms with Gasteiger partial charge in [-0.2, -0.15) is 0 Å². The van der Waals surface area contributed by atoms with Gasteiger partial charge >= 0.3 is 5.97 Å². The monoisotopic (exact) mass is 327 g/mol. The first-order valence-corrected chi connectivity index (χ1v) is 7.74. The molecule has 126 valence electrons. The quantitative estimate of drug-likeness (QED) is 0.653. The second-order valence-electron chi connectivity index (χ2n) is 5.17. The maximum atomic E-state index is 12.7. The topological polar surface area (TPSA) is 76.5 Å². The fraction of sp³-hybridized carbons (Fsp3) is 0.278. The van der Waals surface area contributed by atoms with E-state index >= 15 is 0 Å². The van der Waals surface area contributed by atoms with Crippen LogP contribution >= 0.6 is 0 Å². The molecule has 0 bridgehead atoms. The molecule has 24 heavy (non-hydrogen) atoms. The van der Waals surface area contributed by atoms with Crippen LogP contribution in [-0.4, -0.2) is 27.2 Å². The third-order valence-electron chi connectivity index (χ3n) is 3.54. The van der Waals surface area contributed by atoms with Crippen LogP contribution in [0.3, 0.4) is 0 Å². The molecule has 0 unspecified atom stereocenters. The van der Waals surface area contributed by atoms with Crippen molar-refractivity contribution in [3.05, 3.63) is 64.3 Å². The second-order valence-corrected chi connectivity index (χ2v) is 5.17. The van der Waals surface area contributed by atoms with E-state index in [1.807, 2.05) is 25.2 Å². The number of fused-ring (bicyclic) bond motifs is 1. The molecule has 0 saturated carbocycles. The standard InChI is InChI=1S/C18H21N3O3/c1-5-8-13(9-6-2)15-11-19-21-17(15)20-12(4)14(18(21)23)10-16(22)24-7-3/h5-6,8-9,11,19H,1,7,10H2,2-4H3/b9-6-,13-8+. The fourth-order valence-corrected chi connectivity index (χ4v) is 2.47. The molecule has 1 N–H and O–H groups in total. The number of allylic oxidation sites excluding steroid dienone is 5. The molecule has 0 saturated heterocycles. The Bertz CT molecular complexity index is 885. The zero-order chi connectivity index (χ0) is 17.7. The number of hydrogen-bond acceptors (Lipinski definition) is 4. The Hall–Kier alpha value is -2.89. The van der Waals surface area contributed by atoms with Crippen molar-refractivity contribution in [2.45, 2.75) is 27.2 Å². The van der Waals surface area contributed by atoms with E-state index in [1.165, 1.54) is 4.52 Å². The third-order valence-corrected chi connectivity index (χ3v) is 3.54. The predicted molar refractivity (Wildman–Crippen MR) is 93.9 cm³/mol. The Balaban J connectivity index is 2.60. The number of aromatic nitrogens is 3. The number of carbonyl (C=O) groups excluding carboxylic acids is 1. The Morgan fingerprint density at radius 2 is 2.25 bits per heavy atom. The molecule has 0 atom stereocenters. The molecule has 0 aliphatic heterocycles. The number of ether oxygens (including phenoxy) is 1. The maximum absolute atomic E-state index is 12.7. The first-order chi connectivity index (χ1) is 11.5. The van der Waals surface area contributed by atoms with E-state index in [-0.39, 0.29) is 18.6 Å². The van der Waals surface area contributed by atoms with Gasteiger partial charge in [0.15, 0.2) is 5.65 Å². The number of hydrogen-bond donors (Lipinski definition) is 1. The summed E-state index contributed by atoms with van der Waals surface area (Å²) >= 11 is 0. The van der Waals surface area contributed by atoms with Crippen LogP contribution in [0.4, 0.5) is 0 Å². The summed E-state index contributed by atoms with van der Waals surface area (Å²) in [5.74, 6) is -0.438. The van der Waals surface area contributed by atoms with Gasteiger partial charge in [0.1, 0.15) is 0 Å². The maximum Gasteiger partial charge on any atom is 0.310 e. The van der Waals surface area contributed by atoms with E-state index in [9.17, 15) is 9.59 Å². The lowest BCUT2D eigenvalue weighted by molar-refractivity contribution is -0.142. The van der Waals surface area contributed by atoms with Gasteiger partial charge in [-0.15, -0.1) is 0 Å². The molecular weight excluding hydrogens is 306 g/mol. The lowest BCUT2D eigenvalue weighted by Crippen LogP contribution is -2.24. The van der Waals surface area contributed by atoms with E-state index in [0.29, 0.717) is 16.9 Å². The SMILES string of the molecule is C=C/C=C(\C=C/C)c1c[nH]n2c(=O)c(CC(=O)OCC)c(C)nc12. The first kappa shape index (κ1) is 17.5. The third kappa shape index (κ3) is 3.37. The molecule has 0 aromatic carbocycles. The Kier molecular flexibility index (Phi) is 5.52. The van der Waals surface area contributed by atoms with Gasteiger partial charge in [0.2, 0.25) is 0 Å². The van der Waals surface area contributed by atoms with E-state index < -0.39 is 5.97 Å². The summed E-state index contributed by atoms with van der Waals surface area (Å²) in [7, 11) is 0. The number of rotatable bonds is 6. The number of carbonyl (C=O) groups is 1. The lowest BCUT2D eigenvalue weighted by Gasteiger charge is -2.06. The van der Waals surface area contributed by atoms with E-state index in [0.717, 1.165) is 11.1 Å². The molecule has 6 heteroatoms. The van der Waals surface area contributed by atoms with Crippen molar-refractivity contribution >= 4 is 17.2 Å². The first-order valence-electron chi connectivity index (χ1n) is 7.74. The molecule has 0 fully saturated rings. The van der Waals surface area contributed by atoms with Gasteiger partial charge in [0.05, 0.1) is 18.6 Å². The number of aryl methyl sites for hydroxylation is 1. The summed E-state index contributed by atoms with van der Waals surface area (Å²) in [4.78, 5) is 28.9. The minimum atomic E-state index is -0.438. The van der Waals surface area contributed by atoms with E-state index in [2.05, 4.69) is 16.7 Å². The number of aromatic amines is 1. The fourth-order valence-electron chi connectivity index (χ4n) is 2.47. The molecule has 2 rings (SSSR count). The average Bonchev–Trinajstić information content (AvgIpc) is 2.95. The van der Waals surface area contributed by atoms with Gasteiger partial charge in [-0.3, -0.25) is 14.7 Å². The van der Waals surface area contributed by atoms with Crippen LogP contribution in [0.5, 0.6) is 0 Å². The van der Waals surface area contributed by atoms with Crippen LogP contribution in [-0.2, 0) is 16.0 Å². The van der Waals surface area contributed by atoms with Gasteiger partial charge < -0.3 is 4.74 Å². The van der Waals surface area contributed by atoms with Gasteiger partial charge in [0.25, 0.3) is 5.56 Å². The highest BCUT2D eigenvalue weighted by Gasteiger charge is 2.17. The van der Waals surface area contributed by atoms with Crippen LogP contribution < -0.4 is 5.56 Å². The van der Waals surface area contributed by atoms with Crippen molar-refractivity contribution in [3.8, 4) is 0 Å². The highest BCUT2D eigenvalue weighted by molar-refractivity contribution is 5.82. The Morgan fingerprint density at radius 3 is 2.88 bits per heavy atom. The zero-order valence-corrected chi connectivity index (χ0v) is 14.1. The number of H-pyrrole nitrogens is 1. The zero-order valence-electron chi connectivity index (χ0n) is 14.1. The smallest absolute Gasteiger partial charge is 0.310 e. The van der Waals surface area contributed by atoms with Gasteiger partial charge in [-0.1, -0.05) is 30.9 Å². The number of esters is 1. The normalized spacial score (nSPS) is 12.0. The van der Waals surface area contributed by atoms with Crippen LogP contribution in [0.1, 0.15) is 30.7 Å². The van der Waals surface area contributed by atoms with Crippen molar-refractivity contribution in [1.82, 2.24) is 14.6 Å². The molecule has 2 heterocycles. The minimum absolute atomic E-state index is 0.0903. The summed E-state index contributed by atoms with van der Waals surface area (Å²) in [6.45, 7) is 9.35. The molecule has 6 nitrogen and oxygen atoms in total. The average molecular weight is 327 g/mol. The van der Waals surface area contributed by atoms with Gasteiger partial charge in [-0.25, -0.2) is 9.50 Å². The summed E-state index contributed by atoms with van der Waals surface area (Å²) in [6.07, 6.45) is 8.97. The van der Waals surface area contributed by atoms with Crippen LogP contribution in [0, 0.1) is 6.92 Å². The molecular formula is C18H21N3O3. The molecule has 0 spiro atoms. The summed E-state index contributed by atoms with van der Waals surface area (Å²) in [5.41, 5.74) is 2.74. The van der Waals surface area contributed by atoms with E-state index in [4.69, 9.17) is 4.74 Å². The summed E-state index contributed by atoms with van der Waals surface area (Å²) in [6, 6.07) is 0. The highest BCUT2D eigenvalue weighted by Crippen LogP contribution is 2.20. The second kappa shape index (κ2) is 7.59. The van der Waals surface area contributed by atoms with Crippen molar-refractivity contribution in [3.63, 3.8) is 0 Å². The van der Waals surface area contributed by atoms with Crippen LogP contribution in [0.15, 0.2) is 41.9 Å². The molecule has 0 amide bonds. The van der Waals surface area contributed by atoms with Gasteiger partial charge in [-0.05, 0) is 26.3 Å². The van der Waals surface area contributed by atoms with Crippen molar-refractivity contribution in [2.75, 3.05) is 6.61 Å². The van der Waals surface area contributed by atoms with Crippen molar-refractivity contribution < 1.29 is 9.53 Å². The number of nitrogens with zero attached hydrogens (tertiary/aromatic N) is 2. The van der Waals surface area contributed by atoms with Crippen molar-refractivity contribution in [1.29, 1.82) is 0 Å². The number of nitrogens with one attached hydrogen (secondary N) is 1. The Morgan fingerprint density at radius 1 is 1.50 bits per heavy atom. The highest BCUT2D eigenvalue weighted by atomic mass is 16.5. The summed E-state index contributed by atoms with van der Waals surface area (Å²) in [5, 5.41) is 2.91. The van der Waals surface area contributed by atoms with E-state index in [1.54, 1.807) is 26.1 Å². The predicted octanol–water partition coefficient (Wildman–Crippen LogP) is 2.58. The Labute approximate surface area is 140 Å². The van der Waals surface area contributed by atoms with Gasteiger partial charge in [0, 0.05) is 17.5 Å².